The van der Waals surface area contributed by atoms with Crippen LogP contribution in [-0.2, 0) is 16.0 Å². The Morgan fingerprint density at radius 1 is 0.854 bits per heavy atom. The number of esters is 1. The maximum atomic E-state index is 14.9. The van der Waals surface area contributed by atoms with Crippen LogP contribution in [0.15, 0.2) is 48.6 Å². The van der Waals surface area contributed by atoms with Gasteiger partial charge in [0.25, 0.3) is 0 Å². The molecule has 6 nitrogen and oxygen atoms in total. The van der Waals surface area contributed by atoms with Crippen molar-refractivity contribution < 1.29 is 33.6 Å². The fraction of sp³-hybridized carbons (Fsp3) is 0.559. The molecule has 0 atom stereocenters. The SMILES string of the molecule is C=C(C)C(=O)OCCCc1cc(-c2ccc(OCCCCCCCCCC)c(F)c2)ccc1OCC(C)(CO)CO. The van der Waals surface area contributed by atoms with Crippen molar-refractivity contribution in [3.05, 3.63) is 59.9 Å². The maximum Gasteiger partial charge on any atom is 0.333 e. The second-order valence-corrected chi connectivity index (χ2v) is 11.2. The number of carbonyl (C=O) groups excluding carboxylic acids is 1. The number of halogens is 1. The van der Waals surface area contributed by atoms with Gasteiger partial charge in [-0.15, -0.1) is 0 Å². The lowest BCUT2D eigenvalue weighted by atomic mass is 9.94. The Bertz CT molecular complexity index is 1080. The Balaban J connectivity index is 2.04. The van der Waals surface area contributed by atoms with Crippen LogP contribution in [0.3, 0.4) is 0 Å². The summed E-state index contributed by atoms with van der Waals surface area (Å²) in [6.45, 7) is 9.55. The number of benzene rings is 2. The third-order valence-electron chi connectivity index (χ3n) is 7.09. The maximum absolute atomic E-state index is 14.9. The molecule has 0 spiro atoms. The van der Waals surface area contributed by atoms with E-state index in [1.54, 1.807) is 19.9 Å². The lowest BCUT2D eigenvalue weighted by Gasteiger charge is -2.25. The molecule has 2 aromatic carbocycles. The van der Waals surface area contributed by atoms with Gasteiger partial charge in [-0.3, -0.25) is 0 Å². The van der Waals surface area contributed by atoms with Gasteiger partial charge >= 0.3 is 5.97 Å². The average Bonchev–Trinajstić information content (AvgIpc) is 2.97. The number of aliphatic hydroxyl groups is 2. The highest BCUT2D eigenvalue weighted by atomic mass is 19.1. The zero-order valence-corrected chi connectivity index (χ0v) is 25.2. The monoisotopic (exact) mass is 572 g/mol. The Labute approximate surface area is 245 Å². The molecule has 0 saturated carbocycles. The molecule has 2 aromatic rings. The van der Waals surface area contributed by atoms with Crippen molar-refractivity contribution in [2.45, 2.75) is 85.0 Å². The lowest BCUT2D eigenvalue weighted by Crippen LogP contribution is -2.33. The Morgan fingerprint density at radius 2 is 1.46 bits per heavy atom. The minimum absolute atomic E-state index is 0.122. The van der Waals surface area contributed by atoms with Gasteiger partial charge in [-0.1, -0.05) is 77.5 Å². The minimum atomic E-state index is -0.791. The summed E-state index contributed by atoms with van der Waals surface area (Å²) in [4.78, 5) is 11.7. The number of unbranched alkanes of at least 4 members (excludes halogenated alkanes) is 7. The molecule has 0 bridgehead atoms. The molecule has 0 aliphatic heterocycles. The zero-order chi connectivity index (χ0) is 30.1. The van der Waals surface area contributed by atoms with Gasteiger partial charge in [-0.2, -0.15) is 0 Å². The third-order valence-corrected chi connectivity index (χ3v) is 7.09. The van der Waals surface area contributed by atoms with Crippen LogP contribution in [0.5, 0.6) is 11.5 Å². The predicted molar refractivity (Wildman–Crippen MR) is 162 cm³/mol. The first-order chi connectivity index (χ1) is 19.7. The van der Waals surface area contributed by atoms with Gasteiger partial charge in [0.1, 0.15) is 5.75 Å². The zero-order valence-electron chi connectivity index (χ0n) is 25.2. The molecule has 228 valence electrons. The molecule has 0 aliphatic rings. The first-order valence-corrected chi connectivity index (χ1v) is 15.0. The quantitative estimate of drug-likeness (QED) is 0.0919. The molecule has 0 unspecified atom stereocenters. The molecule has 0 aromatic heterocycles. The van der Waals surface area contributed by atoms with E-state index in [4.69, 9.17) is 14.2 Å². The van der Waals surface area contributed by atoms with Gasteiger partial charge in [-0.05, 0) is 67.1 Å². The van der Waals surface area contributed by atoms with Crippen LogP contribution in [0.2, 0.25) is 0 Å². The second kappa shape index (κ2) is 18.5. The van der Waals surface area contributed by atoms with Crippen LogP contribution >= 0.6 is 0 Å². The molecule has 0 saturated heterocycles. The van der Waals surface area contributed by atoms with E-state index in [0.29, 0.717) is 36.3 Å². The third kappa shape index (κ3) is 12.2. The number of aryl methyl sites for hydroxylation is 1. The first kappa shape index (κ1) is 34.3. The Morgan fingerprint density at radius 3 is 2.07 bits per heavy atom. The summed E-state index contributed by atoms with van der Waals surface area (Å²) < 4.78 is 31.9. The lowest BCUT2D eigenvalue weighted by molar-refractivity contribution is -0.139. The molecular weight excluding hydrogens is 523 g/mol. The van der Waals surface area contributed by atoms with Gasteiger partial charge in [0.05, 0.1) is 33.0 Å². The fourth-order valence-corrected chi connectivity index (χ4v) is 4.25. The highest BCUT2D eigenvalue weighted by Gasteiger charge is 2.24. The fourth-order valence-electron chi connectivity index (χ4n) is 4.25. The number of carbonyl (C=O) groups is 1. The molecule has 0 radical (unpaired) electrons. The summed E-state index contributed by atoms with van der Waals surface area (Å²) in [6, 6.07) is 10.6. The van der Waals surface area contributed by atoms with Crippen LogP contribution in [0, 0.1) is 11.2 Å². The Hall–Kier alpha value is -2.90. The van der Waals surface area contributed by atoms with E-state index in [2.05, 4.69) is 13.5 Å². The van der Waals surface area contributed by atoms with Crippen LogP contribution in [0.1, 0.15) is 84.1 Å². The number of rotatable bonds is 21. The van der Waals surface area contributed by atoms with Crippen LogP contribution in [0.25, 0.3) is 11.1 Å². The number of hydrogen-bond donors (Lipinski definition) is 2. The van der Waals surface area contributed by atoms with E-state index in [1.807, 2.05) is 24.3 Å². The summed E-state index contributed by atoms with van der Waals surface area (Å²) in [6.07, 6.45) is 10.7. The van der Waals surface area contributed by atoms with Gasteiger partial charge in [0.15, 0.2) is 11.6 Å². The summed E-state index contributed by atoms with van der Waals surface area (Å²) in [5.74, 6) is 0.0109. The van der Waals surface area contributed by atoms with Crippen molar-refractivity contribution in [1.82, 2.24) is 0 Å². The second-order valence-electron chi connectivity index (χ2n) is 11.2. The van der Waals surface area contributed by atoms with Gasteiger partial charge in [0.2, 0.25) is 0 Å². The molecule has 41 heavy (non-hydrogen) atoms. The van der Waals surface area contributed by atoms with Crippen LogP contribution in [0.4, 0.5) is 4.39 Å². The van der Waals surface area contributed by atoms with E-state index in [-0.39, 0.29) is 32.2 Å². The van der Waals surface area contributed by atoms with Crippen molar-refractivity contribution in [2.24, 2.45) is 5.41 Å². The van der Waals surface area contributed by atoms with E-state index < -0.39 is 17.2 Å². The summed E-state index contributed by atoms with van der Waals surface area (Å²) >= 11 is 0. The minimum Gasteiger partial charge on any atom is -0.493 e. The molecule has 0 aliphatic carbocycles. The first-order valence-electron chi connectivity index (χ1n) is 15.0. The highest BCUT2D eigenvalue weighted by Crippen LogP contribution is 2.31. The number of ether oxygens (including phenoxy) is 3. The molecule has 2 N–H and O–H groups in total. The number of aliphatic hydroxyl groups excluding tert-OH is 2. The van der Waals surface area contributed by atoms with Crippen molar-refractivity contribution >= 4 is 5.97 Å². The number of hydrogen-bond acceptors (Lipinski definition) is 6. The van der Waals surface area contributed by atoms with E-state index in [1.165, 1.54) is 44.6 Å². The van der Waals surface area contributed by atoms with E-state index in [9.17, 15) is 19.4 Å². The molecule has 7 heteroatoms. The van der Waals surface area contributed by atoms with Gasteiger partial charge in [-0.25, -0.2) is 9.18 Å². The van der Waals surface area contributed by atoms with Gasteiger partial charge < -0.3 is 24.4 Å². The average molecular weight is 573 g/mol. The molecular formula is C34H49FO6. The Kier molecular flexibility index (Phi) is 15.5. The molecule has 2 rings (SSSR count). The smallest absolute Gasteiger partial charge is 0.333 e. The van der Waals surface area contributed by atoms with Crippen molar-refractivity contribution in [1.29, 1.82) is 0 Å². The van der Waals surface area contributed by atoms with Crippen molar-refractivity contribution in [2.75, 3.05) is 33.0 Å². The summed E-state index contributed by atoms with van der Waals surface area (Å²) in [7, 11) is 0. The summed E-state index contributed by atoms with van der Waals surface area (Å²) in [5.41, 5.74) is 1.92. The summed E-state index contributed by atoms with van der Waals surface area (Å²) in [5, 5.41) is 19.3. The molecule has 0 fully saturated rings. The standard InChI is InChI=1S/C34H49FO6/c1-5-6-7-8-9-10-11-12-19-39-32-18-16-28(22-30(32)35)27-15-17-31(41-25-34(4,23-36)24-37)29(21-27)14-13-20-40-33(38)26(2)3/h15-18,21-22,36-37H,2,5-14,19-20,23-25H2,1,3-4H3. The van der Waals surface area contributed by atoms with Crippen LogP contribution < -0.4 is 9.47 Å². The van der Waals surface area contributed by atoms with Crippen molar-refractivity contribution in [3.8, 4) is 22.6 Å². The molecule has 0 heterocycles. The van der Waals surface area contributed by atoms with Crippen LogP contribution in [-0.4, -0.2) is 49.2 Å². The largest absolute Gasteiger partial charge is 0.493 e. The van der Waals surface area contributed by atoms with E-state index in [0.717, 1.165) is 24.0 Å². The predicted octanol–water partition coefficient (Wildman–Crippen LogP) is 7.43. The van der Waals surface area contributed by atoms with Gasteiger partial charge in [0, 0.05) is 11.0 Å². The highest BCUT2D eigenvalue weighted by molar-refractivity contribution is 5.86. The topological polar surface area (TPSA) is 85.2 Å². The van der Waals surface area contributed by atoms with Crippen molar-refractivity contribution in [3.63, 3.8) is 0 Å². The van der Waals surface area contributed by atoms with E-state index >= 15 is 0 Å². The molecule has 0 amide bonds. The normalized spacial score (nSPS) is 11.4.